The first-order valence-corrected chi connectivity index (χ1v) is 10.7. The quantitative estimate of drug-likeness (QED) is 0.644. The minimum absolute atomic E-state index is 0.0811. The number of carbonyl (C=O) groups is 1. The van der Waals surface area contributed by atoms with Crippen molar-refractivity contribution in [3.63, 3.8) is 0 Å². The lowest BCUT2D eigenvalue weighted by Crippen LogP contribution is -2.50. The van der Waals surface area contributed by atoms with E-state index in [0.717, 1.165) is 22.2 Å². The van der Waals surface area contributed by atoms with Crippen LogP contribution in [0.15, 0.2) is 57.9 Å². The van der Waals surface area contributed by atoms with Gasteiger partial charge in [0.2, 0.25) is 15.9 Å². The molecule has 1 aliphatic rings. The Morgan fingerprint density at radius 3 is 2.36 bits per heavy atom. The van der Waals surface area contributed by atoms with Crippen molar-refractivity contribution in [2.45, 2.75) is 4.90 Å². The van der Waals surface area contributed by atoms with E-state index >= 15 is 0 Å². The van der Waals surface area contributed by atoms with E-state index in [-0.39, 0.29) is 37.0 Å². The van der Waals surface area contributed by atoms with Crippen molar-refractivity contribution in [3.8, 4) is 0 Å². The molecule has 9 heteroatoms. The van der Waals surface area contributed by atoms with Crippen molar-refractivity contribution in [2.24, 2.45) is 0 Å². The maximum atomic E-state index is 13.4. The number of benzene rings is 2. The van der Waals surface area contributed by atoms with E-state index in [9.17, 15) is 22.0 Å². The standard InChI is InChI=1S/C19H17BrF2N2O3S/c20-15-3-1-2-14(12-15)4-7-19(25)23-8-10-24(11-9-23)28(26,27)16-5-6-17(21)18(22)13-16/h1-7,12-13H,8-11H2. The molecule has 1 heterocycles. The number of rotatable bonds is 4. The number of carbonyl (C=O) groups excluding carboxylic acids is 1. The Labute approximate surface area is 170 Å². The third-order valence-corrected chi connectivity index (χ3v) is 6.73. The highest BCUT2D eigenvalue weighted by molar-refractivity contribution is 9.10. The SMILES string of the molecule is O=C(C=Cc1cccc(Br)c1)N1CCN(S(=O)(=O)c2ccc(F)c(F)c2)CC1. The Kier molecular flexibility index (Phi) is 6.26. The first-order valence-electron chi connectivity index (χ1n) is 8.45. The van der Waals surface area contributed by atoms with Gasteiger partial charge in [0.25, 0.3) is 0 Å². The number of sulfonamides is 1. The number of amides is 1. The van der Waals surface area contributed by atoms with Gasteiger partial charge in [-0.15, -0.1) is 0 Å². The molecule has 1 fully saturated rings. The van der Waals surface area contributed by atoms with Crippen LogP contribution in [0.3, 0.4) is 0 Å². The van der Waals surface area contributed by atoms with Crippen LogP contribution in [0, 0.1) is 11.6 Å². The normalized spacial score (nSPS) is 15.9. The molecular weight excluding hydrogens is 454 g/mol. The van der Waals surface area contributed by atoms with Gasteiger partial charge in [-0.05, 0) is 42.0 Å². The molecular formula is C19H17BrF2N2O3S. The summed E-state index contributed by atoms with van der Waals surface area (Å²) in [6.07, 6.45) is 3.14. The number of halogens is 3. The van der Waals surface area contributed by atoms with E-state index in [2.05, 4.69) is 15.9 Å². The summed E-state index contributed by atoms with van der Waals surface area (Å²) < 4.78 is 53.7. The monoisotopic (exact) mass is 470 g/mol. The molecule has 0 N–H and O–H groups in total. The van der Waals surface area contributed by atoms with Crippen molar-refractivity contribution in [2.75, 3.05) is 26.2 Å². The van der Waals surface area contributed by atoms with Gasteiger partial charge < -0.3 is 4.90 Å². The third-order valence-electron chi connectivity index (χ3n) is 4.35. The zero-order valence-corrected chi connectivity index (χ0v) is 17.1. The van der Waals surface area contributed by atoms with Crippen molar-refractivity contribution < 1.29 is 22.0 Å². The highest BCUT2D eigenvalue weighted by Gasteiger charge is 2.30. The van der Waals surface area contributed by atoms with Gasteiger partial charge in [-0.25, -0.2) is 17.2 Å². The molecule has 0 spiro atoms. The average Bonchev–Trinajstić information content (AvgIpc) is 2.68. The van der Waals surface area contributed by atoms with E-state index in [1.165, 1.54) is 10.4 Å². The Balaban J connectivity index is 1.63. The van der Waals surface area contributed by atoms with Crippen LogP contribution in [-0.4, -0.2) is 49.7 Å². The van der Waals surface area contributed by atoms with Crippen LogP contribution >= 0.6 is 15.9 Å². The van der Waals surface area contributed by atoms with Crippen LogP contribution in [0.2, 0.25) is 0 Å². The van der Waals surface area contributed by atoms with Crippen LogP contribution in [0.1, 0.15) is 5.56 Å². The van der Waals surface area contributed by atoms with Gasteiger partial charge in [0.05, 0.1) is 4.90 Å². The fourth-order valence-electron chi connectivity index (χ4n) is 2.82. The summed E-state index contributed by atoms with van der Waals surface area (Å²) in [5.74, 6) is -2.54. The molecule has 0 bridgehead atoms. The second-order valence-electron chi connectivity index (χ2n) is 6.19. The Bertz CT molecular complexity index is 1020. The van der Waals surface area contributed by atoms with Crippen LogP contribution in [-0.2, 0) is 14.8 Å². The molecule has 0 saturated carbocycles. The van der Waals surface area contributed by atoms with Gasteiger partial charge >= 0.3 is 0 Å². The summed E-state index contributed by atoms with van der Waals surface area (Å²) in [4.78, 5) is 13.6. The van der Waals surface area contributed by atoms with Crippen LogP contribution in [0.4, 0.5) is 8.78 Å². The van der Waals surface area contributed by atoms with Gasteiger partial charge in [0.1, 0.15) is 0 Å². The number of hydrogen-bond acceptors (Lipinski definition) is 3. The Hall–Kier alpha value is -2.10. The maximum Gasteiger partial charge on any atom is 0.246 e. The molecule has 0 aromatic heterocycles. The predicted octanol–water partition coefficient (Wildman–Crippen LogP) is 3.27. The van der Waals surface area contributed by atoms with Gasteiger partial charge in [-0.1, -0.05) is 28.1 Å². The Morgan fingerprint density at radius 2 is 1.71 bits per heavy atom. The van der Waals surface area contributed by atoms with E-state index in [1.807, 2.05) is 24.3 Å². The zero-order valence-electron chi connectivity index (χ0n) is 14.7. The van der Waals surface area contributed by atoms with E-state index in [0.29, 0.717) is 6.07 Å². The summed E-state index contributed by atoms with van der Waals surface area (Å²) in [6.45, 7) is 0.588. The summed E-state index contributed by atoms with van der Waals surface area (Å²) in [7, 11) is -3.94. The lowest BCUT2D eigenvalue weighted by atomic mass is 10.2. The van der Waals surface area contributed by atoms with Crippen molar-refractivity contribution in [1.82, 2.24) is 9.21 Å². The van der Waals surface area contributed by atoms with E-state index in [4.69, 9.17) is 0 Å². The molecule has 1 saturated heterocycles. The van der Waals surface area contributed by atoms with Crippen LogP contribution in [0.25, 0.3) is 6.08 Å². The molecule has 0 unspecified atom stereocenters. The van der Waals surface area contributed by atoms with Gasteiger partial charge in [-0.2, -0.15) is 4.31 Å². The van der Waals surface area contributed by atoms with Crippen LogP contribution < -0.4 is 0 Å². The molecule has 1 amide bonds. The summed E-state index contributed by atoms with van der Waals surface area (Å²) in [5.41, 5.74) is 0.863. The fraction of sp³-hybridized carbons (Fsp3) is 0.211. The summed E-state index contributed by atoms with van der Waals surface area (Å²) in [5, 5.41) is 0. The molecule has 2 aromatic rings. The molecule has 3 rings (SSSR count). The van der Waals surface area contributed by atoms with Gasteiger partial charge in [-0.3, -0.25) is 4.79 Å². The van der Waals surface area contributed by atoms with Crippen molar-refractivity contribution >= 4 is 37.9 Å². The summed E-state index contributed by atoms with van der Waals surface area (Å²) >= 11 is 3.36. The molecule has 148 valence electrons. The maximum absolute atomic E-state index is 13.4. The lowest BCUT2D eigenvalue weighted by molar-refractivity contribution is -0.127. The number of piperazine rings is 1. The van der Waals surface area contributed by atoms with E-state index < -0.39 is 21.7 Å². The second kappa shape index (κ2) is 8.50. The molecule has 2 aromatic carbocycles. The molecule has 28 heavy (non-hydrogen) atoms. The Morgan fingerprint density at radius 1 is 1.00 bits per heavy atom. The minimum atomic E-state index is -3.94. The van der Waals surface area contributed by atoms with Crippen molar-refractivity contribution in [3.05, 3.63) is 70.2 Å². The molecule has 5 nitrogen and oxygen atoms in total. The first-order chi connectivity index (χ1) is 13.3. The second-order valence-corrected chi connectivity index (χ2v) is 9.05. The highest BCUT2D eigenvalue weighted by atomic mass is 79.9. The smallest absolute Gasteiger partial charge is 0.246 e. The molecule has 0 radical (unpaired) electrons. The van der Waals surface area contributed by atoms with Crippen LogP contribution in [0.5, 0.6) is 0 Å². The highest BCUT2D eigenvalue weighted by Crippen LogP contribution is 2.20. The van der Waals surface area contributed by atoms with Gasteiger partial charge in [0, 0.05) is 36.7 Å². The fourth-order valence-corrected chi connectivity index (χ4v) is 4.67. The average molecular weight is 471 g/mol. The number of nitrogens with zero attached hydrogens (tertiary/aromatic N) is 2. The minimum Gasteiger partial charge on any atom is -0.337 e. The first kappa shape index (κ1) is 20.6. The third kappa shape index (κ3) is 4.65. The predicted molar refractivity (Wildman–Crippen MR) is 105 cm³/mol. The zero-order chi connectivity index (χ0) is 20.3. The largest absolute Gasteiger partial charge is 0.337 e. The molecule has 0 aliphatic carbocycles. The molecule has 0 atom stereocenters. The summed E-state index contributed by atoms with van der Waals surface area (Å²) in [6, 6.07) is 9.96. The van der Waals surface area contributed by atoms with E-state index in [1.54, 1.807) is 11.0 Å². The molecule has 1 aliphatic heterocycles. The number of hydrogen-bond donors (Lipinski definition) is 0. The topological polar surface area (TPSA) is 57.7 Å². The lowest BCUT2D eigenvalue weighted by Gasteiger charge is -2.33. The van der Waals surface area contributed by atoms with Gasteiger partial charge in [0.15, 0.2) is 11.6 Å². The van der Waals surface area contributed by atoms with Crippen molar-refractivity contribution in [1.29, 1.82) is 0 Å².